The quantitative estimate of drug-likeness (QED) is 0.0869. The summed E-state index contributed by atoms with van der Waals surface area (Å²) in [5.74, 6) is 5.69. The number of fused-ring (bicyclic) bond motifs is 2. The Morgan fingerprint density at radius 3 is 2.68 bits per heavy atom. The highest BCUT2D eigenvalue weighted by molar-refractivity contribution is 7.17. The van der Waals surface area contributed by atoms with Gasteiger partial charge in [0.15, 0.2) is 0 Å². The van der Waals surface area contributed by atoms with Gasteiger partial charge in [-0.15, -0.1) is 11.3 Å². The molecule has 2 heterocycles. The summed E-state index contributed by atoms with van der Waals surface area (Å²) in [4.78, 5) is 12.3. The Bertz CT molecular complexity index is 1610. The summed E-state index contributed by atoms with van der Waals surface area (Å²) < 4.78 is 8.72. The number of carbonyl (C=O) groups excluding carboxylic acids is 1. The van der Waals surface area contributed by atoms with Crippen molar-refractivity contribution in [1.82, 2.24) is 15.4 Å². The van der Waals surface area contributed by atoms with Gasteiger partial charge in [-0.2, -0.15) is 5.10 Å². The van der Waals surface area contributed by atoms with Crippen molar-refractivity contribution in [3.8, 4) is 0 Å². The first-order valence-corrected chi connectivity index (χ1v) is 13.2. The van der Waals surface area contributed by atoms with E-state index in [4.69, 9.17) is 27.9 Å². The maximum atomic E-state index is 12.3. The number of alkyl carbamates (subject to hydrolysis) is 1. The highest BCUT2D eigenvalue weighted by Crippen LogP contribution is 2.31. The van der Waals surface area contributed by atoms with Crippen LogP contribution >= 0.6 is 22.9 Å². The van der Waals surface area contributed by atoms with Crippen LogP contribution in [0.3, 0.4) is 0 Å². The highest BCUT2D eigenvalue weighted by atomic mass is 35.5. The molecule has 5 aromatic rings. The monoisotopic (exact) mass is 546 g/mol. The van der Waals surface area contributed by atoms with E-state index in [1.54, 1.807) is 11.3 Å². The predicted molar refractivity (Wildman–Crippen MR) is 154 cm³/mol. The SMILES string of the molecule is NN/N=C(\N)Cc1cn(Cc2csc3ccc(Cl)cc23)c2ccc(CNC(=O)OCc3ccccc3)cc12. The molecule has 0 aliphatic rings. The van der Waals surface area contributed by atoms with E-state index >= 15 is 0 Å². The second kappa shape index (κ2) is 11.6. The number of carbonyl (C=O) groups is 1. The largest absolute Gasteiger partial charge is 0.445 e. The summed E-state index contributed by atoms with van der Waals surface area (Å²) in [5, 5.41) is 11.8. The predicted octanol–water partition coefficient (Wildman–Crippen LogP) is 5.26. The zero-order valence-corrected chi connectivity index (χ0v) is 22.1. The van der Waals surface area contributed by atoms with Gasteiger partial charge in [0.2, 0.25) is 0 Å². The average molecular weight is 547 g/mol. The Kier molecular flexibility index (Phi) is 7.78. The molecule has 0 atom stereocenters. The van der Waals surface area contributed by atoms with Gasteiger partial charge < -0.3 is 20.4 Å². The van der Waals surface area contributed by atoms with E-state index in [1.165, 1.54) is 10.3 Å². The van der Waals surface area contributed by atoms with Crippen LogP contribution in [0.25, 0.3) is 21.0 Å². The van der Waals surface area contributed by atoms with Crippen LogP contribution < -0.4 is 22.4 Å². The van der Waals surface area contributed by atoms with Gasteiger partial charge in [-0.05, 0) is 63.4 Å². The number of nitrogens with two attached hydrogens (primary N) is 2. The highest BCUT2D eigenvalue weighted by Gasteiger charge is 2.14. The van der Waals surface area contributed by atoms with Crippen molar-refractivity contribution in [2.24, 2.45) is 16.7 Å². The molecule has 0 fully saturated rings. The number of rotatable bonds is 9. The summed E-state index contributed by atoms with van der Waals surface area (Å²) in [6.45, 7) is 1.22. The van der Waals surface area contributed by atoms with E-state index in [0.717, 1.165) is 33.0 Å². The fourth-order valence-electron chi connectivity index (χ4n) is 4.43. The Labute approximate surface area is 228 Å². The number of hydrazone groups is 1. The van der Waals surface area contributed by atoms with Crippen LogP contribution in [0.4, 0.5) is 4.79 Å². The van der Waals surface area contributed by atoms with Crippen LogP contribution in [0.1, 0.15) is 22.3 Å². The number of ether oxygens (including phenoxy) is 1. The molecule has 0 saturated carbocycles. The molecule has 0 aliphatic heterocycles. The molecule has 6 N–H and O–H groups in total. The number of halogens is 1. The third kappa shape index (κ3) is 5.91. The van der Waals surface area contributed by atoms with Crippen LogP contribution in [0.15, 0.2) is 83.4 Å². The van der Waals surface area contributed by atoms with E-state index in [1.807, 2.05) is 54.6 Å². The molecule has 2 aromatic heterocycles. The van der Waals surface area contributed by atoms with Crippen LogP contribution in [-0.4, -0.2) is 16.5 Å². The number of aromatic nitrogens is 1. The van der Waals surface area contributed by atoms with Crippen molar-refractivity contribution in [1.29, 1.82) is 0 Å². The lowest BCUT2D eigenvalue weighted by Gasteiger charge is -2.09. The van der Waals surface area contributed by atoms with Crippen LogP contribution in [0, 0.1) is 0 Å². The molecular weight excluding hydrogens is 520 g/mol. The third-order valence-corrected chi connectivity index (χ3v) is 7.46. The minimum absolute atomic E-state index is 0.217. The smallest absolute Gasteiger partial charge is 0.407 e. The fourth-order valence-corrected chi connectivity index (χ4v) is 5.53. The first-order valence-electron chi connectivity index (χ1n) is 12.0. The molecule has 8 nitrogen and oxygen atoms in total. The Morgan fingerprint density at radius 1 is 1.03 bits per heavy atom. The zero-order valence-electron chi connectivity index (χ0n) is 20.5. The van der Waals surface area contributed by atoms with Crippen molar-refractivity contribution < 1.29 is 9.53 Å². The Hall–Kier alpha value is -4.05. The molecule has 10 heteroatoms. The molecule has 0 saturated heterocycles. The number of benzene rings is 3. The van der Waals surface area contributed by atoms with E-state index in [0.29, 0.717) is 30.4 Å². The standard InChI is InChI=1S/C28H27ClN6O2S/c29-22-7-9-26-24(12-22)21(17-38-26)15-35-14-20(11-27(30)33-34-31)23-10-19(6-8-25(23)35)13-32-28(36)37-16-18-4-2-1-3-5-18/h1-10,12,14,17,34H,11,13,15-16,31H2,(H2,30,33)(H,32,36). The van der Waals surface area contributed by atoms with Crippen LogP contribution in [-0.2, 0) is 30.9 Å². The first-order chi connectivity index (χ1) is 18.5. The summed E-state index contributed by atoms with van der Waals surface area (Å²) in [5.41, 5.74) is 13.4. The first kappa shape index (κ1) is 25.6. The lowest BCUT2D eigenvalue weighted by atomic mass is 10.1. The van der Waals surface area contributed by atoms with Gasteiger partial charge in [0.05, 0.1) is 0 Å². The number of hydrogen-bond acceptors (Lipinski definition) is 6. The van der Waals surface area contributed by atoms with Gasteiger partial charge in [-0.3, -0.25) is 0 Å². The number of thiophene rings is 1. The molecule has 3 aromatic carbocycles. The normalized spacial score (nSPS) is 11.7. The zero-order chi connectivity index (χ0) is 26.5. The van der Waals surface area contributed by atoms with Crippen molar-refractivity contribution in [3.63, 3.8) is 0 Å². The summed E-state index contributed by atoms with van der Waals surface area (Å²) in [7, 11) is 0. The Morgan fingerprint density at radius 2 is 1.87 bits per heavy atom. The topological polar surface area (TPSA) is 120 Å². The maximum Gasteiger partial charge on any atom is 0.407 e. The fraction of sp³-hybridized carbons (Fsp3) is 0.143. The summed E-state index contributed by atoms with van der Waals surface area (Å²) >= 11 is 7.97. The molecule has 5 rings (SSSR count). The molecule has 0 bridgehead atoms. The van der Waals surface area contributed by atoms with Gasteiger partial charge in [0.25, 0.3) is 0 Å². The molecule has 0 aliphatic carbocycles. The molecule has 1 amide bonds. The van der Waals surface area contributed by atoms with Gasteiger partial charge in [0.1, 0.15) is 12.4 Å². The minimum atomic E-state index is -0.472. The van der Waals surface area contributed by atoms with Crippen LogP contribution in [0.5, 0.6) is 0 Å². The average Bonchev–Trinajstić information content (AvgIpc) is 3.47. The lowest BCUT2D eigenvalue weighted by Crippen LogP contribution is -2.24. The van der Waals surface area contributed by atoms with Gasteiger partial charge in [0, 0.05) is 46.3 Å². The van der Waals surface area contributed by atoms with Gasteiger partial charge in [-0.25, -0.2) is 16.2 Å². The molecule has 0 radical (unpaired) electrons. The van der Waals surface area contributed by atoms with E-state index in [9.17, 15) is 4.79 Å². The second-order valence-electron chi connectivity index (χ2n) is 8.86. The Balaban J connectivity index is 1.38. The van der Waals surface area contributed by atoms with E-state index in [-0.39, 0.29) is 6.61 Å². The number of nitrogens with zero attached hydrogens (tertiary/aromatic N) is 2. The van der Waals surface area contributed by atoms with Crippen molar-refractivity contribution in [2.45, 2.75) is 26.1 Å². The van der Waals surface area contributed by atoms with Crippen molar-refractivity contribution in [3.05, 3.63) is 106 Å². The molecule has 38 heavy (non-hydrogen) atoms. The van der Waals surface area contributed by atoms with Gasteiger partial charge >= 0.3 is 6.09 Å². The van der Waals surface area contributed by atoms with E-state index in [2.05, 4.69) is 44.2 Å². The molecule has 0 spiro atoms. The number of amidine groups is 1. The molecule has 0 unspecified atom stereocenters. The third-order valence-electron chi connectivity index (χ3n) is 6.21. The molecule has 194 valence electrons. The number of amides is 1. The second-order valence-corrected chi connectivity index (χ2v) is 10.2. The lowest BCUT2D eigenvalue weighted by molar-refractivity contribution is 0.139. The van der Waals surface area contributed by atoms with Crippen LogP contribution in [0.2, 0.25) is 5.02 Å². The number of hydrazine groups is 1. The number of hydrogen-bond donors (Lipinski definition) is 4. The van der Waals surface area contributed by atoms with Gasteiger partial charge in [-0.1, -0.05) is 48.0 Å². The summed E-state index contributed by atoms with van der Waals surface area (Å²) in [6, 6.07) is 21.7. The minimum Gasteiger partial charge on any atom is -0.445 e. The van der Waals surface area contributed by atoms with E-state index < -0.39 is 6.09 Å². The summed E-state index contributed by atoms with van der Waals surface area (Å²) in [6.07, 6.45) is 2.03. The molecular formula is C28H27ClN6O2S. The number of nitrogens with one attached hydrogen (secondary N) is 2. The van der Waals surface area contributed by atoms with Crippen molar-refractivity contribution in [2.75, 3.05) is 0 Å². The van der Waals surface area contributed by atoms with Crippen molar-refractivity contribution >= 4 is 55.9 Å². The maximum absolute atomic E-state index is 12.3.